The molecule has 0 spiro atoms. The third kappa shape index (κ3) is 1.27. The van der Waals surface area contributed by atoms with Crippen LogP contribution in [0.25, 0.3) is 0 Å². The zero-order chi connectivity index (χ0) is 9.47. The molecule has 1 nitrogen and oxygen atoms in total. The molecule has 0 aliphatic heterocycles. The number of hydrogen-bond donors (Lipinski definition) is 1. The fourth-order valence-electron chi connectivity index (χ4n) is 1.94. The van der Waals surface area contributed by atoms with E-state index in [-0.39, 0.29) is 11.5 Å². The lowest BCUT2D eigenvalue weighted by Gasteiger charge is -2.44. The van der Waals surface area contributed by atoms with E-state index in [0.717, 1.165) is 23.4 Å². The van der Waals surface area contributed by atoms with Crippen LogP contribution in [0.15, 0.2) is 24.3 Å². The first-order valence-electron chi connectivity index (χ1n) is 4.58. The van der Waals surface area contributed by atoms with Crippen molar-refractivity contribution in [2.24, 2.45) is 0 Å². The lowest BCUT2D eigenvalue weighted by molar-refractivity contribution is 0.00426. The van der Waals surface area contributed by atoms with E-state index in [9.17, 15) is 5.11 Å². The highest BCUT2D eigenvalue weighted by Gasteiger charge is 2.43. The van der Waals surface area contributed by atoms with Gasteiger partial charge in [0.05, 0.1) is 6.10 Å². The maximum Gasteiger partial charge on any atom is 0.0635 e. The second-order valence-corrected chi connectivity index (χ2v) is 4.36. The number of aliphatic hydroxyl groups is 1. The Morgan fingerprint density at radius 1 is 1.46 bits per heavy atom. The van der Waals surface area contributed by atoms with Crippen molar-refractivity contribution in [3.63, 3.8) is 0 Å². The molecule has 1 saturated carbocycles. The molecule has 0 saturated heterocycles. The van der Waals surface area contributed by atoms with Gasteiger partial charge in [0.15, 0.2) is 0 Å². The highest BCUT2D eigenvalue weighted by Crippen LogP contribution is 2.45. The first-order chi connectivity index (χ1) is 6.14. The summed E-state index contributed by atoms with van der Waals surface area (Å²) >= 11 is 6.08. The highest BCUT2D eigenvalue weighted by molar-refractivity contribution is 6.31. The van der Waals surface area contributed by atoms with E-state index in [0.29, 0.717) is 0 Å². The van der Waals surface area contributed by atoms with Crippen molar-refractivity contribution in [2.45, 2.75) is 31.3 Å². The van der Waals surface area contributed by atoms with Crippen LogP contribution in [0, 0.1) is 0 Å². The van der Waals surface area contributed by atoms with Gasteiger partial charge in [-0.2, -0.15) is 0 Å². The summed E-state index contributed by atoms with van der Waals surface area (Å²) in [6.07, 6.45) is 1.69. The predicted octanol–water partition coefficient (Wildman–Crippen LogP) is 2.75. The summed E-state index contributed by atoms with van der Waals surface area (Å²) in [6.45, 7) is 2.07. The van der Waals surface area contributed by atoms with Crippen molar-refractivity contribution in [3.8, 4) is 0 Å². The maximum absolute atomic E-state index is 9.69. The quantitative estimate of drug-likeness (QED) is 0.733. The first kappa shape index (κ1) is 9.04. The van der Waals surface area contributed by atoms with Crippen LogP contribution in [0.1, 0.15) is 25.3 Å². The number of aliphatic hydroxyl groups excluding tert-OH is 1. The van der Waals surface area contributed by atoms with Gasteiger partial charge in [-0.1, -0.05) is 36.7 Å². The minimum atomic E-state index is -0.229. The molecule has 0 amide bonds. The van der Waals surface area contributed by atoms with Crippen LogP contribution in [0.2, 0.25) is 5.02 Å². The van der Waals surface area contributed by atoms with Gasteiger partial charge in [-0.15, -0.1) is 0 Å². The third-order valence-corrected chi connectivity index (χ3v) is 3.49. The minimum Gasteiger partial charge on any atom is -0.392 e. The molecule has 1 aromatic carbocycles. The van der Waals surface area contributed by atoms with Gasteiger partial charge < -0.3 is 5.11 Å². The monoisotopic (exact) mass is 196 g/mol. The van der Waals surface area contributed by atoms with Crippen molar-refractivity contribution in [2.75, 3.05) is 0 Å². The van der Waals surface area contributed by atoms with E-state index in [2.05, 4.69) is 6.92 Å². The summed E-state index contributed by atoms with van der Waals surface area (Å²) in [5.74, 6) is 0. The average Bonchev–Trinajstić information content (AvgIpc) is 2.15. The summed E-state index contributed by atoms with van der Waals surface area (Å²) in [5.41, 5.74) is 0.966. The van der Waals surface area contributed by atoms with Crippen molar-refractivity contribution >= 4 is 11.6 Å². The summed E-state index contributed by atoms with van der Waals surface area (Å²) in [5, 5.41) is 10.5. The molecule has 1 N–H and O–H groups in total. The number of hydrogen-bond acceptors (Lipinski definition) is 1. The molecule has 0 radical (unpaired) electrons. The van der Waals surface area contributed by atoms with E-state index >= 15 is 0 Å². The Kier molecular flexibility index (Phi) is 2.09. The minimum absolute atomic E-state index is 0.113. The van der Waals surface area contributed by atoms with Gasteiger partial charge in [0.1, 0.15) is 0 Å². The third-order valence-electron chi connectivity index (χ3n) is 3.16. The fraction of sp³-hybridized carbons (Fsp3) is 0.455. The second kappa shape index (κ2) is 3.00. The smallest absolute Gasteiger partial charge is 0.0635 e. The lowest BCUT2D eigenvalue weighted by atomic mass is 9.63. The van der Waals surface area contributed by atoms with Gasteiger partial charge in [-0.05, 0) is 24.5 Å². The van der Waals surface area contributed by atoms with Crippen molar-refractivity contribution < 1.29 is 5.11 Å². The van der Waals surface area contributed by atoms with Gasteiger partial charge in [-0.25, -0.2) is 0 Å². The number of halogens is 1. The molecule has 1 fully saturated rings. The summed E-state index contributed by atoms with van der Waals surface area (Å²) in [7, 11) is 0. The van der Waals surface area contributed by atoms with Crippen LogP contribution in [-0.4, -0.2) is 11.2 Å². The Labute approximate surface area is 83.3 Å². The summed E-state index contributed by atoms with van der Waals surface area (Å²) in [6, 6.07) is 7.77. The molecule has 1 aliphatic carbocycles. The Morgan fingerprint density at radius 3 is 2.62 bits per heavy atom. The Balaban J connectivity index is 2.40. The Bertz CT molecular complexity index is 324. The SMILES string of the molecule is CC1(c2ccccc2Cl)CCC1O. The molecule has 13 heavy (non-hydrogen) atoms. The molecular formula is C11H13ClO. The standard InChI is InChI=1S/C11H13ClO/c1-11(7-6-10(11)13)8-4-2-3-5-9(8)12/h2-5,10,13H,6-7H2,1H3. The highest BCUT2D eigenvalue weighted by atomic mass is 35.5. The van der Waals surface area contributed by atoms with Crippen LogP contribution in [-0.2, 0) is 5.41 Å². The van der Waals surface area contributed by atoms with E-state index in [1.165, 1.54) is 0 Å². The van der Waals surface area contributed by atoms with Crippen molar-refractivity contribution in [3.05, 3.63) is 34.9 Å². The Morgan fingerprint density at radius 2 is 2.15 bits per heavy atom. The molecule has 0 heterocycles. The van der Waals surface area contributed by atoms with Crippen LogP contribution in [0.4, 0.5) is 0 Å². The fourth-order valence-corrected chi connectivity index (χ4v) is 2.30. The molecule has 1 aliphatic rings. The van der Waals surface area contributed by atoms with Crippen molar-refractivity contribution in [1.29, 1.82) is 0 Å². The van der Waals surface area contributed by atoms with E-state index in [1.54, 1.807) is 0 Å². The summed E-state index contributed by atoms with van der Waals surface area (Å²) < 4.78 is 0. The molecule has 0 aromatic heterocycles. The summed E-state index contributed by atoms with van der Waals surface area (Å²) in [4.78, 5) is 0. The topological polar surface area (TPSA) is 20.2 Å². The molecule has 2 unspecified atom stereocenters. The molecule has 0 bridgehead atoms. The average molecular weight is 197 g/mol. The molecule has 2 rings (SSSR count). The molecule has 2 atom stereocenters. The number of rotatable bonds is 1. The predicted molar refractivity (Wildman–Crippen MR) is 54.0 cm³/mol. The molecular weight excluding hydrogens is 184 g/mol. The van der Waals surface area contributed by atoms with E-state index in [1.807, 2.05) is 24.3 Å². The van der Waals surface area contributed by atoms with Gasteiger partial charge in [0.2, 0.25) is 0 Å². The molecule has 70 valence electrons. The van der Waals surface area contributed by atoms with Crippen LogP contribution >= 0.6 is 11.6 Å². The first-order valence-corrected chi connectivity index (χ1v) is 4.95. The van der Waals surface area contributed by atoms with Crippen LogP contribution < -0.4 is 0 Å². The van der Waals surface area contributed by atoms with Crippen LogP contribution in [0.3, 0.4) is 0 Å². The number of benzene rings is 1. The van der Waals surface area contributed by atoms with Gasteiger partial charge in [0, 0.05) is 10.4 Å². The zero-order valence-corrected chi connectivity index (χ0v) is 8.38. The normalized spacial score (nSPS) is 32.7. The van der Waals surface area contributed by atoms with Gasteiger partial charge in [0.25, 0.3) is 0 Å². The molecule has 1 aromatic rings. The van der Waals surface area contributed by atoms with Gasteiger partial charge >= 0.3 is 0 Å². The zero-order valence-electron chi connectivity index (χ0n) is 7.63. The van der Waals surface area contributed by atoms with E-state index < -0.39 is 0 Å². The van der Waals surface area contributed by atoms with E-state index in [4.69, 9.17) is 11.6 Å². The largest absolute Gasteiger partial charge is 0.392 e. The maximum atomic E-state index is 9.69. The molecule has 2 heteroatoms. The van der Waals surface area contributed by atoms with Crippen molar-refractivity contribution in [1.82, 2.24) is 0 Å². The van der Waals surface area contributed by atoms with Gasteiger partial charge in [-0.3, -0.25) is 0 Å². The van der Waals surface area contributed by atoms with Crippen LogP contribution in [0.5, 0.6) is 0 Å². The lowest BCUT2D eigenvalue weighted by Crippen LogP contribution is -2.46. The Hall–Kier alpha value is -0.530. The second-order valence-electron chi connectivity index (χ2n) is 3.95.